The Morgan fingerprint density at radius 2 is 1.95 bits per heavy atom. The number of rotatable bonds is 3. The summed E-state index contributed by atoms with van der Waals surface area (Å²) in [5.41, 5.74) is 0. The lowest BCUT2D eigenvalue weighted by atomic mass is 10.1. The summed E-state index contributed by atoms with van der Waals surface area (Å²) in [7, 11) is -3.23. The number of likely N-dealkylation sites (tertiary alicyclic amines) is 1. The molecule has 0 spiro atoms. The van der Waals surface area contributed by atoms with Crippen molar-refractivity contribution in [1.82, 2.24) is 4.90 Å². The maximum atomic E-state index is 11.6. The quantitative estimate of drug-likeness (QED) is 0.851. The molecule has 3 rings (SSSR count). The van der Waals surface area contributed by atoms with Gasteiger partial charge in [0.2, 0.25) is 0 Å². The first-order valence-corrected chi connectivity index (χ1v) is 9.27. The average Bonchev–Trinajstić information content (AvgIpc) is 2.46. The zero-order valence-electron chi connectivity index (χ0n) is 12.2. The fourth-order valence-electron chi connectivity index (χ4n) is 2.85. The second-order valence-electron chi connectivity index (χ2n) is 5.79. The molecule has 2 aliphatic heterocycles. The zero-order chi connectivity index (χ0) is 14.9. The lowest BCUT2D eigenvalue weighted by Gasteiger charge is -2.33. The first-order valence-electron chi connectivity index (χ1n) is 7.38. The minimum Gasteiger partial charge on any atom is -0.486 e. The number of sulfone groups is 1. The summed E-state index contributed by atoms with van der Waals surface area (Å²) in [6.45, 7) is 3.57. The van der Waals surface area contributed by atoms with E-state index in [-0.39, 0.29) is 11.0 Å². The van der Waals surface area contributed by atoms with Gasteiger partial charge in [-0.05, 0) is 38.1 Å². The van der Waals surface area contributed by atoms with Gasteiger partial charge in [-0.1, -0.05) is 6.42 Å². The fourth-order valence-corrected chi connectivity index (χ4v) is 3.48. The Labute approximate surface area is 125 Å². The van der Waals surface area contributed by atoms with Crippen molar-refractivity contribution in [2.24, 2.45) is 0 Å². The van der Waals surface area contributed by atoms with Crippen molar-refractivity contribution >= 4 is 9.84 Å². The molecular weight excluding hydrogens is 290 g/mol. The van der Waals surface area contributed by atoms with Gasteiger partial charge in [0.1, 0.15) is 12.7 Å². The van der Waals surface area contributed by atoms with Crippen LogP contribution in [-0.2, 0) is 9.84 Å². The third kappa shape index (κ3) is 3.49. The first kappa shape index (κ1) is 14.7. The van der Waals surface area contributed by atoms with Crippen molar-refractivity contribution in [2.45, 2.75) is 30.3 Å². The van der Waals surface area contributed by atoms with Crippen LogP contribution >= 0.6 is 0 Å². The van der Waals surface area contributed by atoms with Crippen LogP contribution in [0.2, 0.25) is 0 Å². The van der Waals surface area contributed by atoms with Gasteiger partial charge >= 0.3 is 0 Å². The topological polar surface area (TPSA) is 55.8 Å². The van der Waals surface area contributed by atoms with Crippen LogP contribution in [0, 0.1) is 0 Å². The van der Waals surface area contributed by atoms with Crippen molar-refractivity contribution < 1.29 is 17.9 Å². The van der Waals surface area contributed by atoms with Crippen LogP contribution in [0.25, 0.3) is 0 Å². The molecule has 0 bridgehead atoms. The third-order valence-electron chi connectivity index (χ3n) is 3.97. The van der Waals surface area contributed by atoms with Gasteiger partial charge in [-0.25, -0.2) is 8.42 Å². The minimum absolute atomic E-state index is 0.0367. The molecule has 0 aliphatic carbocycles. The maximum Gasteiger partial charge on any atom is 0.175 e. The Balaban J connectivity index is 1.71. The fraction of sp³-hybridized carbons (Fsp3) is 0.600. The standard InChI is InChI=1S/C15H21NO4S/c1-21(17,18)13-5-6-14-15(9-13)20-12(11-19-14)10-16-7-3-2-4-8-16/h5-6,9,12H,2-4,7-8,10-11H2,1H3. The normalized spacial score (nSPS) is 23.0. The Hall–Kier alpha value is -1.27. The Kier molecular flexibility index (Phi) is 4.08. The first-order chi connectivity index (χ1) is 10.0. The predicted octanol–water partition coefficient (Wildman–Crippen LogP) is 1.72. The van der Waals surface area contributed by atoms with Crippen LogP contribution in [0.3, 0.4) is 0 Å². The van der Waals surface area contributed by atoms with Crippen molar-refractivity contribution in [1.29, 1.82) is 0 Å². The summed E-state index contributed by atoms with van der Waals surface area (Å²) in [6.07, 6.45) is 4.94. The second kappa shape index (κ2) is 5.85. The monoisotopic (exact) mass is 311 g/mol. The predicted molar refractivity (Wildman–Crippen MR) is 79.8 cm³/mol. The van der Waals surface area contributed by atoms with Crippen LogP contribution in [0.1, 0.15) is 19.3 Å². The Bertz CT molecular complexity index is 608. The second-order valence-corrected chi connectivity index (χ2v) is 7.81. The molecule has 0 saturated carbocycles. The molecule has 2 aliphatic rings. The summed E-state index contributed by atoms with van der Waals surface area (Å²) in [5.74, 6) is 1.16. The highest BCUT2D eigenvalue weighted by Crippen LogP contribution is 2.34. The highest BCUT2D eigenvalue weighted by molar-refractivity contribution is 7.90. The number of ether oxygens (including phenoxy) is 2. The van der Waals surface area contributed by atoms with Crippen molar-refractivity contribution in [3.63, 3.8) is 0 Å². The number of fused-ring (bicyclic) bond motifs is 1. The van der Waals surface area contributed by atoms with E-state index in [1.54, 1.807) is 18.2 Å². The van der Waals surface area contributed by atoms with Crippen LogP contribution < -0.4 is 9.47 Å². The number of piperidine rings is 1. The van der Waals surface area contributed by atoms with Gasteiger partial charge in [-0.3, -0.25) is 4.90 Å². The summed E-state index contributed by atoms with van der Waals surface area (Å²) in [4.78, 5) is 2.66. The number of nitrogens with zero attached hydrogens (tertiary/aromatic N) is 1. The summed E-state index contributed by atoms with van der Waals surface area (Å²) < 4.78 is 34.9. The summed E-state index contributed by atoms with van der Waals surface area (Å²) in [6, 6.07) is 4.79. The molecule has 1 saturated heterocycles. The van der Waals surface area contributed by atoms with E-state index in [4.69, 9.17) is 9.47 Å². The largest absolute Gasteiger partial charge is 0.486 e. The lowest BCUT2D eigenvalue weighted by Crippen LogP contribution is -2.42. The third-order valence-corrected chi connectivity index (χ3v) is 5.08. The number of hydrogen-bond acceptors (Lipinski definition) is 5. The summed E-state index contributed by atoms with van der Waals surface area (Å²) in [5, 5.41) is 0. The molecule has 5 nitrogen and oxygen atoms in total. The van der Waals surface area contributed by atoms with Gasteiger partial charge < -0.3 is 9.47 Å². The molecule has 0 N–H and O–H groups in total. The average molecular weight is 311 g/mol. The molecule has 6 heteroatoms. The molecule has 1 atom stereocenters. The molecule has 0 amide bonds. The molecule has 1 aromatic carbocycles. The van der Waals surface area contributed by atoms with Gasteiger partial charge in [0.25, 0.3) is 0 Å². The number of benzene rings is 1. The molecule has 116 valence electrons. The van der Waals surface area contributed by atoms with Gasteiger partial charge in [0.15, 0.2) is 21.3 Å². The van der Waals surface area contributed by atoms with E-state index >= 15 is 0 Å². The smallest absolute Gasteiger partial charge is 0.175 e. The SMILES string of the molecule is CS(=O)(=O)c1ccc2c(c1)OC(CN1CCCCC1)CO2. The number of hydrogen-bond donors (Lipinski definition) is 0. The highest BCUT2D eigenvalue weighted by atomic mass is 32.2. The molecule has 21 heavy (non-hydrogen) atoms. The molecular formula is C15H21NO4S. The lowest BCUT2D eigenvalue weighted by molar-refractivity contribution is 0.0530. The van der Waals surface area contributed by atoms with Gasteiger partial charge in [-0.2, -0.15) is 0 Å². The van der Waals surface area contributed by atoms with Crippen molar-refractivity contribution in [3.05, 3.63) is 18.2 Å². The van der Waals surface area contributed by atoms with E-state index < -0.39 is 9.84 Å². The molecule has 0 radical (unpaired) electrons. The molecule has 1 aromatic rings. The van der Waals surface area contributed by atoms with Crippen molar-refractivity contribution in [3.8, 4) is 11.5 Å². The zero-order valence-corrected chi connectivity index (χ0v) is 13.1. The maximum absolute atomic E-state index is 11.6. The molecule has 0 aromatic heterocycles. The van der Waals surface area contributed by atoms with Gasteiger partial charge in [0, 0.05) is 18.9 Å². The molecule has 1 fully saturated rings. The summed E-state index contributed by atoms with van der Waals surface area (Å²) >= 11 is 0. The van der Waals surface area contributed by atoms with E-state index in [2.05, 4.69) is 4.90 Å². The van der Waals surface area contributed by atoms with Crippen LogP contribution in [0.4, 0.5) is 0 Å². The van der Waals surface area contributed by atoms with Crippen molar-refractivity contribution in [2.75, 3.05) is 32.5 Å². The van der Waals surface area contributed by atoms with E-state index in [1.807, 2.05) is 0 Å². The van der Waals surface area contributed by atoms with E-state index in [0.29, 0.717) is 18.1 Å². The minimum atomic E-state index is -3.23. The molecule has 2 heterocycles. The van der Waals surface area contributed by atoms with E-state index in [9.17, 15) is 8.42 Å². The van der Waals surface area contributed by atoms with Gasteiger partial charge in [-0.15, -0.1) is 0 Å². The van der Waals surface area contributed by atoms with Crippen LogP contribution in [0.15, 0.2) is 23.1 Å². The van der Waals surface area contributed by atoms with E-state index in [1.165, 1.54) is 25.5 Å². The van der Waals surface area contributed by atoms with E-state index in [0.717, 1.165) is 19.6 Å². The van der Waals surface area contributed by atoms with Crippen LogP contribution in [0.5, 0.6) is 11.5 Å². The molecule has 1 unspecified atom stereocenters. The van der Waals surface area contributed by atoms with Crippen LogP contribution in [-0.4, -0.2) is 51.9 Å². The Morgan fingerprint density at radius 3 is 2.67 bits per heavy atom. The highest BCUT2D eigenvalue weighted by Gasteiger charge is 2.25. The van der Waals surface area contributed by atoms with Gasteiger partial charge in [0.05, 0.1) is 4.90 Å². The Morgan fingerprint density at radius 1 is 1.19 bits per heavy atom.